The van der Waals surface area contributed by atoms with E-state index >= 15 is 0 Å². The van der Waals surface area contributed by atoms with Crippen molar-refractivity contribution in [2.24, 2.45) is 11.7 Å². The summed E-state index contributed by atoms with van der Waals surface area (Å²) >= 11 is 0. The first kappa shape index (κ1) is 26.8. The number of carboxylic acid groups (broad SMARTS) is 1. The van der Waals surface area contributed by atoms with Gasteiger partial charge in [0, 0.05) is 23.5 Å². The summed E-state index contributed by atoms with van der Waals surface area (Å²) in [4.78, 5) is 52.3. The van der Waals surface area contributed by atoms with Gasteiger partial charge in [0.05, 0.1) is 12.6 Å². The third-order valence-corrected chi connectivity index (χ3v) is 5.28. The molecule has 0 aliphatic carbocycles. The third kappa shape index (κ3) is 7.29. The van der Waals surface area contributed by atoms with Crippen molar-refractivity contribution in [2.75, 3.05) is 6.61 Å². The second-order valence-electron chi connectivity index (χ2n) is 8.69. The molecule has 11 heteroatoms. The zero-order chi connectivity index (χ0) is 25.4. The predicted octanol–water partition coefficient (Wildman–Crippen LogP) is -0.365. The summed E-state index contributed by atoms with van der Waals surface area (Å²) in [6, 6.07) is 2.86. The number of aromatic amines is 1. The highest BCUT2D eigenvalue weighted by Gasteiger charge is 2.30. The number of benzene rings is 1. The normalized spacial score (nSPS) is 14.8. The van der Waals surface area contributed by atoms with Gasteiger partial charge < -0.3 is 36.9 Å². The Morgan fingerprint density at radius 1 is 0.941 bits per heavy atom. The highest BCUT2D eigenvalue weighted by Crippen LogP contribution is 2.19. The van der Waals surface area contributed by atoms with E-state index in [4.69, 9.17) is 5.73 Å². The monoisotopic (exact) mass is 475 g/mol. The van der Waals surface area contributed by atoms with E-state index in [2.05, 4.69) is 20.9 Å². The molecule has 3 amide bonds. The van der Waals surface area contributed by atoms with Crippen LogP contribution in [0.5, 0.6) is 0 Å². The maximum absolute atomic E-state index is 12.8. The number of hydrogen-bond donors (Lipinski definition) is 7. The molecule has 8 N–H and O–H groups in total. The van der Waals surface area contributed by atoms with E-state index < -0.39 is 54.5 Å². The second kappa shape index (κ2) is 12.1. The fourth-order valence-corrected chi connectivity index (χ4v) is 3.47. The van der Waals surface area contributed by atoms with Gasteiger partial charge in [-0.05, 0) is 30.9 Å². The molecule has 4 atom stereocenters. The first-order chi connectivity index (χ1) is 16.0. The molecule has 0 fully saturated rings. The molecule has 1 aromatic heterocycles. The summed E-state index contributed by atoms with van der Waals surface area (Å²) in [5, 5.41) is 27.5. The van der Waals surface area contributed by atoms with Gasteiger partial charge >= 0.3 is 5.97 Å². The fourth-order valence-electron chi connectivity index (χ4n) is 3.47. The van der Waals surface area contributed by atoms with Gasteiger partial charge in [0.2, 0.25) is 17.7 Å². The maximum Gasteiger partial charge on any atom is 0.326 e. The molecular formula is C23H33N5O6. The number of fused-ring (bicyclic) bond motifs is 1. The summed E-state index contributed by atoms with van der Waals surface area (Å²) in [5.41, 5.74) is 7.09. The van der Waals surface area contributed by atoms with Gasteiger partial charge in [0.1, 0.15) is 18.1 Å². The molecule has 0 aliphatic rings. The molecule has 0 spiro atoms. The van der Waals surface area contributed by atoms with E-state index in [0.29, 0.717) is 5.56 Å². The van der Waals surface area contributed by atoms with Crippen LogP contribution in [0.2, 0.25) is 0 Å². The van der Waals surface area contributed by atoms with Crippen molar-refractivity contribution < 1.29 is 29.4 Å². The van der Waals surface area contributed by atoms with Gasteiger partial charge in [-0.1, -0.05) is 32.0 Å². The SMILES string of the molecule is CC(C)CC(NC(=O)C(C)N)C(=O)NC(CO)C(=O)NC(Cc1c[nH]c2ccccc12)C(=O)O. The number of hydrogen-bond acceptors (Lipinski definition) is 6. The van der Waals surface area contributed by atoms with Crippen LogP contribution in [0.4, 0.5) is 0 Å². The number of aliphatic hydroxyl groups excluding tert-OH is 1. The summed E-state index contributed by atoms with van der Waals surface area (Å²) in [6.07, 6.45) is 1.95. The van der Waals surface area contributed by atoms with Crippen LogP contribution in [0, 0.1) is 5.92 Å². The lowest BCUT2D eigenvalue weighted by Gasteiger charge is -2.24. The lowest BCUT2D eigenvalue weighted by Crippen LogP contribution is -2.58. The number of carbonyl (C=O) groups excluding carboxylic acids is 3. The maximum atomic E-state index is 12.8. The van der Waals surface area contributed by atoms with Gasteiger partial charge in [-0.2, -0.15) is 0 Å². The van der Waals surface area contributed by atoms with Crippen LogP contribution in [0.25, 0.3) is 10.9 Å². The van der Waals surface area contributed by atoms with Crippen molar-refractivity contribution in [3.63, 3.8) is 0 Å². The molecule has 4 unspecified atom stereocenters. The number of carboxylic acids is 1. The van der Waals surface area contributed by atoms with E-state index in [0.717, 1.165) is 10.9 Å². The van der Waals surface area contributed by atoms with E-state index in [1.807, 2.05) is 38.1 Å². The van der Waals surface area contributed by atoms with Crippen LogP contribution in [-0.4, -0.2) is 69.7 Å². The molecule has 11 nitrogen and oxygen atoms in total. The molecule has 0 radical (unpaired) electrons. The molecule has 2 aromatic rings. The van der Waals surface area contributed by atoms with E-state index in [1.165, 1.54) is 6.92 Å². The lowest BCUT2D eigenvalue weighted by molar-refractivity contribution is -0.142. The van der Waals surface area contributed by atoms with Crippen molar-refractivity contribution >= 4 is 34.6 Å². The quantitative estimate of drug-likeness (QED) is 0.218. The van der Waals surface area contributed by atoms with Crippen LogP contribution in [0.15, 0.2) is 30.5 Å². The van der Waals surface area contributed by atoms with E-state index in [-0.39, 0.29) is 18.8 Å². The van der Waals surface area contributed by atoms with E-state index in [1.54, 1.807) is 6.20 Å². The van der Waals surface area contributed by atoms with Crippen LogP contribution < -0.4 is 21.7 Å². The van der Waals surface area contributed by atoms with Crippen LogP contribution in [-0.2, 0) is 25.6 Å². The van der Waals surface area contributed by atoms with Gasteiger partial charge in [0.15, 0.2) is 0 Å². The van der Waals surface area contributed by atoms with Gasteiger partial charge in [-0.25, -0.2) is 4.79 Å². The van der Waals surface area contributed by atoms with Gasteiger partial charge in [0.25, 0.3) is 0 Å². The number of amides is 3. The molecule has 0 saturated carbocycles. The number of aliphatic carboxylic acids is 1. The summed E-state index contributed by atoms with van der Waals surface area (Å²) in [5.74, 6) is -3.29. The Labute approximate surface area is 197 Å². The lowest BCUT2D eigenvalue weighted by atomic mass is 10.0. The highest BCUT2D eigenvalue weighted by molar-refractivity contribution is 5.94. The smallest absolute Gasteiger partial charge is 0.326 e. The Kier molecular flexibility index (Phi) is 9.58. The van der Waals surface area contributed by atoms with Crippen molar-refractivity contribution in [3.05, 3.63) is 36.0 Å². The van der Waals surface area contributed by atoms with Crippen molar-refractivity contribution in [1.29, 1.82) is 0 Å². The Hall–Kier alpha value is -3.44. The number of nitrogens with two attached hydrogens (primary N) is 1. The number of aromatic nitrogens is 1. The topological polar surface area (TPSA) is 187 Å². The molecule has 34 heavy (non-hydrogen) atoms. The van der Waals surface area contributed by atoms with Crippen LogP contribution >= 0.6 is 0 Å². The van der Waals surface area contributed by atoms with Crippen molar-refractivity contribution in [1.82, 2.24) is 20.9 Å². The average Bonchev–Trinajstić information content (AvgIpc) is 3.18. The Balaban J connectivity index is 2.10. The summed E-state index contributed by atoms with van der Waals surface area (Å²) in [7, 11) is 0. The standard InChI is InChI=1S/C23H33N5O6/c1-12(2)8-17(26-20(30)13(3)24)21(31)28-19(11-29)22(32)27-18(23(33)34)9-14-10-25-16-7-5-4-6-15(14)16/h4-7,10,12-13,17-19,25,29H,8-9,11,24H2,1-3H3,(H,26,30)(H,27,32)(H,28,31)(H,33,34). The van der Waals surface area contributed by atoms with Crippen molar-refractivity contribution in [2.45, 2.75) is 57.8 Å². The first-order valence-corrected chi connectivity index (χ1v) is 11.1. The van der Waals surface area contributed by atoms with Crippen LogP contribution in [0.1, 0.15) is 32.8 Å². The summed E-state index contributed by atoms with van der Waals surface area (Å²) in [6.45, 7) is 4.43. The minimum atomic E-state index is -1.40. The molecule has 0 aliphatic heterocycles. The average molecular weight is 476 g/mol. The third-order valence-electron chi connectivity index (χ3n) is 5.28. The molecule has 0 bridgehead atoms. The number of para-hydroxylation sites is 1. The second-order valence-corrected chi connectivity index (χ2v) is 8.69. The number of H-pyrrole nitrogens is 1. The minimum absolute atomic E-state index is 0.00238. The molecular weight excluding hydrogens is 442 g/mol. The number of nitrogens with one attached hydrogen (secondary N) is 4. The number of carbonyl (C=O) groups is 4. The Morgan fingerprint density at radius 2 is 1.53 bits per heavy atom. The summed E-state index contributed by atoms with van der Waals surface area (Å²) < 4.78 is 0. The minimum Gasteiger partial charge on any atom is -0.480 e. The number of aliphatic hydroxyl groups is 1. The van der Waals surface area contributed by atoms with Crippen molar-refractivity contribution in [3.8, 4) is 0 Å². The predicted molar refractivity (Wildman–Crippen MR) is 126 cm³/mol. The Bertz CT molecular complexity index is 1020. The molecule has 2 rings (SSSR count). The zero-order valence-electron chi connectivity index (χ0n) is 19.5. The van der Waals surface area contributed by atoms with Gasteiger partial charge in [-0.15, -0.1) is 0 Å². The van der Waals surface area contributed by atoms with Gasteiger partial charge in [-0.3, -0.25) is 14.4 Å². The number of rotatable bonds is 12. The first-order valence-electron chi connectivity index (χ1n) is 11.1. The molecule has 0 saturated heterocycles. The fraction of sp³-hybridized carbons (Fsp3) is 0.478. The zero-order valence-corrected chi connectivity index (χ0v) is 19.5. The highest BCUT2D eigenvalue weighted by atomic mass is 16.4. The largest absolute Gasteiger partial charge is 0.480 e. The van der Waals surface area contributed by atoms with Crippen LogP contribution in [0.3, 0.4) is 0 Å². The Morgan fingerprint density at radius 3 is 2.12 bits per heavy atom. The molecule has 186 valence electrons. The molecule has 1 aromatic carbocycles. The van der Waals surface area contributed by atoms with E-state index in [9.17, 15) is 29.4 Å². The molecule has 1 heterocycles.